The minimum absolute atomic E-state index is 0.0301. The van der Waals surface area contributed by atoms with Gasteiger partial charge in [-0.2, -0.15) is 0 Å². The van der Waals surface area contributed by atoms with Crippen molar-refractivity contribution in [2.45, 2.75) is 43.0 Å². The largest absolute Gasteiger partial charge is 0.492 e. The molecule has 162 valence electrons. The molecule has 4 rings (SSSR count). The number of nitrogens with one attached hydrogen (secondary N) is 1. The summed E-state index contributed by atoms with van der Waals surface area (Å²) in [7, 11) is 0. The Morgan fingerprint density at radius 1 is 1.10 bits per heavy atom. The highest BCUT2D eigenvalue weighted by Crippen LogP contribution is 2.42. The molecule has 1 fully saturated rings. The second-order valence-corrected chi connectivity index (χ2v) is 10.7. The lowest BCUT2D eigenvalue weighted by Gasteiger charge is -2.42. The van der Waals surface area contributed by atoms with Gasteiger partial charge in [-0.05, 0) is 50.6 Å². The summed E-state index contributed by atoms with van der Waals surface area (Å²) in [6.45, 7) is 6.95. The van der Waals surface area contributed by atoms with Gasteiger partial charge in [-0.25, -0.2) is 0 Å². The number of ether oxygens (including phenoxy) is 1. The number of rotatable bonds is 6. The smallest absolute Gasteiger partial charge is 0.287 e. The number of fused-ring (bicyclic) bond motifs is 1. The van der Waals surface area contributed by atoms with Gasteiger partial charge in [-0.1, -0.05) is 35.5 Å². The Morgan fingerprint density at radius 2 is 1.84 bits per heavy atom. The van der Waals surface area contributed by atoms with Crippen LogP contribution in [0.5, 0.6) is 5.75 Å². The maximum atomic E-state index is 13.1. The topological polar surface area (TPSA) is 75.7 Å². The number of hydrogen-bond acceptors (Lipinski definition) is 6. The fraction of sp³-hybridized carbons (Fsp3) is 0.348. The van der Waals surface area contributed by atoms with Gasteiger partial charge in [-0.3, -0.25) is 14.4 Å². The van der Waals surface area contributed by atoms with Gasteiger partial charge in [0, 0.05) is 23.1 Å². The second kappa shape index (κ2) is 8.59. The molecule has 8 heteroatoms. The van der Waals surface area contributed by atoms with E-state index in [0.717, 1.165) is 33.3 Å². The fourth-order valence-corrected chi connectivity index (χ4v) is 5.61. The monoisotopic (exact) mass is 456 g/mol. The highest BCUT2D eigenvalue weighted by Gasteiger charge is 2.38. The van der Waals surface area contributed by atoms with E-state index in [2.05, 4.69) is 19.2 Å². The first-order chi connectivity index (χ1) is 14.7. The third-order valence-electron chi connectivity index (χ3n) is 5.34. The zero-order chi connectivity index (χ0) is 22.2. The van der Waals surface area contributed by atoms with Crippen molar-refractivity contribution in [2.24, 2.45) is 0 Å². The summed E-state index contributed by atoms with van der Waals surface area (Å²) < 4.78 is 5.88. The van der Waals surface area contributed by atoms with Crippen LogP contribution in [-0.2, 0) is 11.2 Å². The molecular formula is C23H24N2O4S2. The summed E-state index contributed by atoms with van der Waals surface area (Å²) in [4.78, 5) is 38.6. The average molecular weight is 457 g/mol. The molecular weight excluding hydrogens is 432 g/mol. The predicted molar refractivity (Wildman–Crippen MR) is 123 cm³/mol. The Balaban J connectivity index is 1.35. The Kier molecular flexibility index (Phi) is 6.03. The molecule has 0 bridgehead atoms. The molecule has 31 heavy (non-hydrogen) atoms. The van der Waals surface area contributed by atoms with Crippen molar-refractivity contribution in [1.82, 2.24) is 10.2 Å². The number of aryl methyl sites for hydroxylation is 1. The zero-order valence-corrected chi connectivity index (χ0v) is 19.3. The summed E-state index contributed by atoms with van der Waals surface area (Å²) in [5, 5.41) is 2.23. The van der Waals surface area contributed by atoms with Crippen LogP contribution in [0.15, 0.2) is 47.4 Å². The minimum Gasteiger partial charge on any atom is -0.492 e. The molecule has 0 spiro atoms. The molecule has 1 N–H and O–H groups in total. The molecule has 2 aliphatic heterocycles. The summed E-state index contributed by atoms with van der Waals surface area (Å²) in [6, 6.07) is 13.0. The number of amides is 2. The van der Waals surface area contributed by atoms with Gasteiger partial charge in [0.15, 0.2) is 0 Å². The van der Waals surface area contributed by atoms with E-state index >= 15 is 0 Å². The van der Waals surface area contributed by atoms with E-state index in [1.807, 2.05) is 54.3 Å². The molecule has 1 atom stereocenters. The normalized spacial score (nSPS) is 19.9. The summed E-state index contributed by atoms with van der Waals surface area (Å²) in [5.74, 6) is 0.730. The van der Waals surface area contributed by atoms with Crippen LogP contribution in [-0.4, -0.2) is 45.2 Å². The molecule has 2 aromatic carbocycles. The van der Waals surface area contributed by atoms with E-state index in [1.165, 1.54) is 0 Å². The number of carbonyl (C=O) groups is 3. The Labute approximate surface area is 190 Å². The maximum absolute atomic E-state index is 13.1. The van der Waals surface area contributed by atoms with Crippen LogP contribution in [0.4, 0.5) is 4.79 Å². The van der Waals surface area contributed by atoms with Crippen LogP contribution in [0, 0.1) is 6.92 Å². The van der Waals surface area contributed by atoms with Crippen LogP contribution in [0.3, 0.4) is 0 Å². The van der Waals surface area contributed by atoms with Crippen molar-refractivity contribution in [3.63, 3.8) is 0 Å². The highest BCUT2D eigenvalue weighted by molar-refractivity contribution is 8.26. The highest BCUT2D eigenvalue weighted by atomic mass is 32.2. The molecule has 0 aromatic heterocycles. The number of nitrogens with zero attached hydrogens (tertiary/aromatic N) is 1. The van der Waals surface area contributed by atoms with Crippen LogP contribution in [0.25, 0.3) is 0 Å². The lowest BCUT2D eigenvalue weighted by Crippen LogP contribution is -2.49. The third-order valence-corrected chi connectivity index (χ3v) is 7.42. The van der Waals surface area contributed by atoms with Crippen LogP contribution in [0.1, 0.15) is 35.3 Å². The molecule has 6 nitrogen and oxygen atoms in total. The van der Waals surface area contributed by atoms with Gasteiger partial charge in [0.1, 0.15) is 18.4 Å². The minimum atomic E-state index is -0.472. The lowest BCUT2D eigenvalue weighted by molar-refractivity contribution is -0.112. The number of thioether (sulfide) groups is 2. The molecule has 0 aliphatic carbocycles. The molecule has 1 unspecified atom stereocenters. The van der Waals surface area contributed by atoms with Gasteiger partial charge in [0.2, 0.25) is 5.12 Å². The molecule has 2 aromatic rings. The Bertz CT molecular complexity index is 1040. The van der Waals surface area contributed by atoms with Crippen molar-refractivity contribution < 1.29 is 19.1 Å². The lowest BCUT2D eigenvalue weighted by atomic mass is 10.1. The molecule has 0 saturated carbocycles. The molecule has 1 saturated heterocycles. The SMILES string of the molecule is Cc1ccc2c(c1)C(=O)N(CCOc1ccc(CC3NC(=O)SC3=O)cc1)C(C)(C)S2. The number of carbonyl (C=O) groups excluding carboxylic acids is 3. The van der Waals surface area contributed by atoms with Gasteiger partial charge in [0.25, 0.3) is 11.1 Å². The van der Waals surface area contributed by atoms with E-state index in [0.29, 0.717) is 25.3 Å². The number of hydrogen-bond donors (Lipinski definition) is 1. The van der Waals surface area contributed by atoms with E-state index < -0.39 is 6.04 Å². The van der Waals surface area contributed by atoms with Crippen molar-refractivity contribution in [2.75, 3.05) is 13.2 Å². The van der Waals surface area contributed by atoms with Crippen molar-refractivity contribution in [3.05, 3.63) is 59.2 Å². The fourth-order valence-electron chi connectivity index (χ4n) is 3.72. The summed E-state index contributed by atoms with van der Waals surface area (Å²) in [5.41, 5.74) is 2.77. The van der Waals surface area contributed by atoms with Crippen molar-refractivity contribution in [3.8, 4) is 5.75 Å². The van der Waals surface area contributed by atoms with Crippen molar-refractivity contribution >= 4 is 39.8 Å². The van der Waals surface area contributed by atoms with Gasteiger partial charge in [0.05, 0.1) is 17.0 Å². The van der Waals surface area contributed by atoms with Gasteiger partial charge in [-0.15, -0.1) is 0 Å². The van der Waals surface area contributed by atoms with E-state index in [-0.39, 0.29) is 21.1 Å². The predicted octanol–water partition coefficient (Wildman–Crippen LogP) is 4.25. The van der Waals surface area contributed by atoms with E-state index in [4.69, 9.17) is 4.74 Å². The second-order valence-electron chi connectivity index (χ2n) is 8.11. The van der Waals surface area contributed by atoms with Crippen LogP contribution < -0.4 is 10.1 Å². The Morgan fingerprint density at radius 3 is 2.52 bits per heavy atom. The van der Waals surface area contributed by atoms with Gasteiger partial charge >= 0.3 is 0 Å². The Hall–Kier alpha value is -2.45. The summed E-state index contributed by atoms with van der Waals surface area (Å²) >= 11 is 2.41. The molecule has 2 amide bonds. The van der Waals surface area contributed by atoms with Crippen molar-refractivity contribution in [1.29, 1.82) is 0 Å². The van der Waals surface area contributed by atoms with Crippen LogP contribution >= 0.6 is 23.5 Å². The third kappa shape index (κ3) is 4.75. The first-order valence-electron chi connectivity index (χ1n) is 10.1. The van der Waals surface area contributed by atoms with E-state index in [1.54, 1.807) is 11.8 Å². The molecule has 2 heterocycles. The molecule has 0 radical (unpaired) electrons. The first-order valence-corrected chi connectivity index (χ1v) is 11.7. The zero-order valence-electron chi connectivity index (χ0n) is 17.6. The first kappa shape index (κ1) is 21.8. The standard InChI is InChI=1S/C23H24N2O4S2/c1-14-4-9-19-17(12-14)20(26)25(23(2,3)31-19)10-11-29-16-7-5-15(6-8-16)13-18-21(27)30-22(28)24-18/h4-9,12,18H,10-11,13H2,1-3H3,(H,24,28). The maximum Gasteiger partial charge on any atom is 0.287 e. The molecule has 2 aliphatic rings. The van der Waals surface area contributed by atoms with Gasteiger partial charge < -0.3 is 15.0 Å². The quantitative estimate of drug-likeness (QED) is 0.700. The summed E-state index contributed by atoms with van der Waals surface area (Å²) in [6.07, 6.45) is 0.463. The number of benzene rings is 2. The van der Waals surface area contributed by atoms with Crippen LogP contribution in [0.2, 0.25) is 0 Å². The average Bonchev–Trinajstić information content (AvgIpc) is 3.03. The van der Waals surface area contributed by atoms with E-state index in [9.17, 15) is 14.4 Å².